The lowest BCUT2D eigenvalue weighted by molar-refractivity contribution is -0.117. The van der Waals surface area contributed by atoms with Crippen molar-refractivity contribution in [2.24, 2.45) is 23.1 Å². The summed E-state index contributed by atoms with van der Waals surface area (Å²) in [7, 11) is 4.03. The van der Waals surface area contributed by atoms with E-state index in [-0.39, 0.29) is 52.4 Å². The molecule has 1 fully saturated rings. The Morgan fingerprint density at radius 2 is 0.848 bits per heavy atom. The normalized spacial score (nSPS) is 11.4. The van der Waals surface area contributed by atoms with Crippen molar-refractivity contribution in [1.29, 1.82) is 0 Å². The highest BCUT2D eigenvalue weighted by molar-refractivity contribution is 6.35. The summed E-state index contributed by atoms with van der Waals surface area (Å²) in [5.41, 5.74) is 32.8. The third kappa shape index (κ3) is 25.5. The molecule has 7 amide bonds. The van der Waals surface area contributed by atoms with Crippen LogP contribution >= 0.6 is 58.0 Å². The van der Waals surface area contributed by atoms with Gasteiger partial charge in [0.05, 0.1) is 66.1 Å². The van der Waals surface area contributed by atoms with Crippen LogP contribution < -0.4 is 38.5 Å². The molecule has 18 aromatic rings. The van der Waals surface area contributed by atoms with Crippen LogP contribution in [0.5, 0.6) is 5.75 Å². The second-order valence-electron chi connectivity index (χ2n) is 33.5. The molecule has 0 spiro atoms. The van der Waals surface area contributed by atoms with E-state index in [1.54, 1.807) is 144 Å². The van der Waals surface area contributed by atoms with Gasteiger partial charge in [0.25, 0.3) is 17.7 Å². The SMILES string of the molecule is CC(=O)Nc1cc(-n2cc(-c3ncn[nH]3)c(-c3cc(CN(C)C)ccc3Cl)n2)c(C)cn1.CC(=O)Nc1cc(-n2cc(-c3ncn[nH]3)c(-c3ccccc3Cl)n2)c(F)cn1.CC(=O)Nc1cc(-n2cc(C(N)=O)c(-c3ccccc3Cl)c2)c(C)cn1.Cc1cnc(NC(=O)C2CC2)cc1-n1cc(C(N)=O)c(-c2ccccc2Cl)c1.NC(=O)c1cn(-c2ccnc(CCCc3ccc(O)cc3)n2)nc1-c1ccccc1Cl. The van der Waals surface area contributed by atoms with Gasteiger partial charge in [0.15, 0.2) is 23.3 Å². The number of pyridine rings is 4. The first-order valence-corrected chi connectivity index (χ1v) is 46.6. The first kappa shape index (κ1) is 102. The number of H-pyrrole nitrogens is 2. The Balaban J connectivity index is 0.000000136. The molecule has 0 unspecified atom stereocenters. The summed E-state index contributed by atoms with van der Waals surface area (Å²) >= 11 is 31.8. The van der Waals surface area contributed by atoms with Crippen LogP contribution in [-0.2, 0) is 38.6 Å². The number of rotatable bonds is 26. The van der Waals surface area contributed by atoms with E-state index < -0.39 is 23.5 Å². The van der Waals surface area contributed by atoms with Gasteiger partial charge < -0.3 is 57.6 Å². The summed E-state index contributed by atoms with van der Waals surface area (Å²) in [6.45, 7) is 10.7. The topological polar surface area (TPSA) is 493 Å². The number of carbonyl (C=O) groups is 7. The van der Waals surface area contributed by atoms with E-state index in [1.807, 2.05) is 137 Å². The van der Waals surface area contributed by atoms with Crippen LogP contribution in [0.25, 0.3) is 107 Å². The number of anilines is 4. The van der Waals surface area contributed by atoms with Crippen molar-refractivity contribution in [3.63, 3.8) is 0 Å². The number of halogens is 6. The van der Waals surface area contributed by atoms with E-state index in [4.69, 9.17) is 80.3 Å². The quantitative estimate of drug-likeness (QED) is 0.0241. The van der Waals surface area contributed by atoms with Gasteiger partial charge in [0.2, 0.25) is 23.6 Å². The molecule has 1 aliphatic carbocycles. The molecular formula is C103H92Cl5FN28O8. The van der Waals surface area contributed by atoms with Crippen molar-refractivity contribution in [1.82, 2.24) is 104 Å². The van der Waals surface area contributed by atoms with Crippen LogP contribution in [0.3, 0.4) is 0 Å². The third-order valence-electron chi connectivity index (χ3n) is 22.3. The fourth-order valence-corrected chi connectivity index (χ4v) is 16.4. The van der Waals surface area contributed by atoms with E-state index in [2.05, 4.69) is 96.6 Å². The van der Waals surface area contributed by atoms with Gasteiger partial charge >= 0.3 is 0 Å². The maximum atomic E-state index is 14.5. The van der Waals surface area contributed by atoms with E-state index in [0.29, 0.717) is 128 Å². The molecule has 1 aliphatic rings. The molecule has 12 heterocycles. The molecule has 19 rings (SSSR count). The van der Waals surface area contributed by atoms with Crippen molar-refractivity contribution >= 4 is 123 Å². The van der Waals surface area contributed by atoms with Crippen LogP contribution in [-0.4, -0.2) is 164 Å². The van der Waals surface area contributed by atoms with Crippen molar-refractivity contribution in [3.8, 4) is 113 Å². The Kier molecular flexibility index (Phi) is 32.5. The van der Waals surface area contributed by atoms with Crippen LogP contribution in [0.2, 0.25) is 25.1 Å². The Bertz CT molecular complexity index is 7850. The zero-order valence-corrected chi connectivity index (χ0v) is 82.7. The van der Waals surface area contributed by atoms with Gasteiger partial charge in [0.1, 0.15) is 70.3 Å². The van der Waals surface area contributed by atoms with Gasteiger partial charge in [-0.25, -0.2) is 58.3 Å². The fraction of sp³-hybridized carbons (Fsp3) is 0.146. The molecule has 12 aromatic heterocycles. The van der Waals surface area contributed by atoms with Crippen LogP contribution in [0, 0.1) is 32.5 Å². The summed E-state index contributed by atoms with van der Waals surface area (Å²) in [5.74, 6) is 1.13. The maximum absolute atomic E-state index is 14.5. The summed E-state index contributed by atoms with van der Waals surface area (Å²) in [4.78, 5) is 118. The number of aryl methyl sites for hydroxylation is 5. The second kappa shape index (κ2) is 46.1. The molecule has 0 radical (unpaired) electrons. The molecule has 0 bridgehead atoms. The lowest BCUT2D eigenvalue weighted by atomic mass is 10.0. The van der Waals surface area contributed by atoms with Gasteiger partial charge in [-0.2, -0.15) is 25.5 Å². The van der Waals surface area contributed by atoms with Crippen LogP contribution in [0.1, 0.15) is 105 Å². The average molecular weight is 2050 g/mol. The number of amides is 7. The Labute approximate surface area is 853 Å². The zero-order chi connectivity index (χ0) is 103. The van der Waals surface area contributed by atoms with Crippen molar-refractivity contribution < 1.29 is 43.1 Å². The Hall–Kier alpha value is -17.1. The molecule has 6 aromatic carbocycles. The number of nitrogens with one attached hydrogen (secondary N) is 6. The number of aromatic hydroxyl groups is 1. The maximum Gasteiger partial charge on any atom is 0.252 e. The van der Waals surface area contributed by atoms with Crippen molar-refractivity contribution in [2.45, 2.75) is 80.2 Å². The molecule has 0 saturated heterocycles. The first-order valence-electron chi connectivity index (χ1n) is 44.7. The predicted octanol–water partition coefficient (Wildman–Crippen LogP) is 18.6. The number of aromatic nitrogens is 20. The standard InChI is InChI=1S/C23H20ClN5O2.C22H23ClN8O.C21H19ClN4O2.C19H17ClN4O2.C18H13ClFN7O/c24-19-6-2-1-5-17(19)22-18(23(25)31)14-29(28-22)21-12-13-26-20(27-21)7-3-4-15-8-10-16(30)11-9-15;1-13-9-24-20(27-14(2)32)8-19(13)31-11-17(22-25-12-26-28-22)21(29-31)16-7-15(10-30(3)4)5-6-18(16)23;1-12-9-24-19(25-21(28)13-6-7-13)8-18(12)26-10-15(16(11-26)20(23)27)14-4-2-3-5-17(14)22;1-11-8-22-18(23-12(2)25)7-17(11)24-9-14(15(10-24)19(21)26)13-5-3-4-6-16(13)20;1-10(28)24-16-6-15(14(20)7-21-16)27-8-12(18-22-9-23-25-18)17(26-27)11-4-2-3-5-13(11)19/h1-2,5-6,8-14,30H,3-4,7H2,(H2,25,31);5-9,11-12H,10H2,1-4H3,(H,24,27,32)(H,25,26,28);2-5,8-11,13H,6-7H2,1H3,(H2,23,27)(H,24,25,28);3-10H,1-2H3,(H2,21,26)(H,22,23,25);2-9H,1H3,(H,21,24,28)(H,22,23,25). The molecular weight excluding hydrogens is 1950 g/mol. The molecule has 0 atom stereocenters. The first-order chi connectivity index (χ1) is 69.6. The molecule has 1 saturated carbocycles. The molecule has 734 valence electrons. The van der Waals surface area contributed by atoms with E-state index in [1.165, 1.54) is 48.9 Å². The van der Waals surface area contributed by atoms with Gasteiger partial charge in [-0.15, -0.1) is 0 Å². The lowest BCUT2D eigenvalue weighted by Crippen LogP contribution is -2.14. The molecule has 13 N–H and O–H groups in total. The third-order valence-corrected chi connectivity index (χ3v) is 23.9. The largest absolute Gasteiger partial charge is 0.508 e. The Morgan fingerprint density at radius 3 is 1.31 bits per heavy atom. The van der Waals surface area contributed by atoms with Gasteiger partial charge in [0, 0.05) is 187 Å². The fourth-order valence-electron chi connectivity index (χ4n) is 15.3. The summed E-state index contributed by atoms with van der Waals surface area (Å²) < 4.78 is 22.7. The minimum atomic E-state index is -0.605. The zero-order valence-electron chi connectivity index (χ0n) is 78.9. The number of hydrogen-bond acceptors (Lipinski definition) is 22. The van der Waals surface area contributed by atoms with Crippen molar-refractivity contribution in [2.75, 3.05) is 35.4 Å². The van der Waals surface area contributed by atoms with Gasteiger partial charge in [-0.3, -0.25) is 43.8 Å². The number of nitrogens with two attached hydrogens (primary N) is 3. The average Bonchev–Trinajstić information content (AvgIpc) is 1.63. The minimum absolute atomic E-state index is 0.00982. The number of hydrogen-bond donors (Lipinski definition) is 10. The summed E-state index contributed by atoms with van der Waals surface area (Å²) in [5, 5.41) is 50.2. The number of primary amides is 3. The van der Waals surface area contributed by atoms with Gasteiger partial charge in [-0.05, 0) is 137 Å². The smallest absolute Gasteiger partial charge is 0.252 e. The van der Waals surface area contributed by atoms with E-state index in [9.17, 15) is 43.1 Å². The number of phenols is 1. The Morgan fingerprint density at radius 1 is 0.428 bits per heavy atom. The van der Waals surface area contributed by atoms with E-state index >= 15 is 0 Å². The molecule has 36 nitrogen and oxygen atoms in total. The predicted molar refractivity (Wildman–Crippen MR) is 553 cm³/mol. The van der Waals surface area contributed by atoms with E-state index in [0.717, 1.165) is 106 Å². The number of phenolic OH excluding ortho intramolecular Hbond substituents is 1. The number of carbonyl (C=O) groups excluding carboxylic acids is 7. The summed E-state index contributed by atoms with van der Waals surface area (Å²) in [6.07, 6.45) is 26.7. The number of aromatic amines is 2. The second-order valence-corrected chi connectivity index (χ2v) is 35.5. The van der Waals surface area contributed by atoms with Gasteiger partial charge in [-0.1, -0.05) is 149 Å². The highest BCUT2D eigenvalue weighted by Gasteiger charge is 2.31. The lowest BCUT2D eigenvalue weighted by Gasteiger charge is -2.12. The molecule has 42 heteroatoms. The van der Waals surface area contributed by atoms with Crippen LogP contribution in [0.4, 0.5) is 27.7 Å². The molecule has 145 heavy (non-hydrogen) atoms. The number of benzene rings is 6. The highest BCUT2D eigenvalue weighted by Crippen LogP contribution is 2.41. The van der Waals surface area contributed by atoms with Crippen LogP contribution in [0.15, 0.2) is 257 Å². The minimum Gasteiger partial charge on any atom is -0.508 e. The number of nitrogens with zero attached hydrogens (tertiary/aromatic N) is 19. The van der Waals surface area contributed by atoms with Crippen molar-refractivity contribution in [3.05, 3.63) is 338 Å². The highest BCUT2D eigenvalue weighted by atomic mass is 35.5. The molecule has 0 aliphatic heterocycles. The monoisotopic (exact) mass is 2040 g/mol. The summed E-state index contributed by atoms with van der Waals surface area (Å²) in [6, 6.07) is 50.4.